The second kappa shape index (κ2) is 8.76. The van der Waals surface area contributed by atoms with Crippen LogP contribution in [0.15, 0.2) is 34.8 Å². The molecule has 22 heavy (non-hydrogen) atoms. The number of thiazole rings is 1. The molecule has 0 amide bonds. The predicted molar refractivity (Wildman–Crippen MR) is 94.8 cm³/mol. The Balaban J connectivity index is 1.87. The molecule has 0 aliphatic heterocycles. The lowest BCUT2D eigenvalue weighted by Crippen LogP contribution is -2.38. The highest BCUT2D eigenvalue weighted by molar-refractivity contribution is 7.09. The van der Waals surface area contributed by atoms with Crippen molar-refractivity contribution in [3.05, 3.63) is 50.9 Å². The van der Waals surface area contributed by atoms with Crippen molar-refractivity contribution in [1.82, 2.24) is 15.6 Å². The molecule has 0 aliphatic carbocycles. The third kappa shape index (κ3) is 5.31. The summed E-state index contributed by atoms with van der Waals surface area (Å²) in [5.41, 5.74) is 4.14. The van der Waals surface area contributed by atoms with Gasteiger partial charge in [-0.3, -0.25) is 0 Å². The summed E-state index contributed by atoms with van der Waals surface area (Å²) in [6.07, 6.45) is 0.907. The number of hydrogen-bond donors (Lipinski definition) is 2. The number of aliphatic imine (C=N–C) groups is 1. The van der Waals surface area contributed by atoms with E-state index < -0.39 is 0 Å². The van der Waals surface area contributed by atoms with E-state index in [-0.39, 0.29) is 0 Å². The molecule has 1 aromatic carbocycles. The molecule has 0 atom stereocenters. The minimum Gasteiger partial charge on any atom is -0.357 e. The fourth-order valence-electron chi connectivity index (χ4n) is 1.99. The minimum absolute atomic E-state index is 0.656. The van der Waals surface area contributed by atoms with E-state index in [1.165, 1.54) is 10.4 Å². The molecule has 0 unspecified atom stereocenters. The van der Waals surface area contributed by atoms with Crippen LogP contribution in [-0.4, -0.2) is 24.0 Å². The maximum absolute atomic E-state index is 6.00. The summed E-state index contributed by atoms with van der Waals surface area (Å²) >= 11 is 7.64. The molecule has 0 radical (unpaired) electrons. The zero-order chi connectivity index (χ0) is 15.8. The highest BCUT2D eigenvalue weighted by Gasteiger charge is 2.02. The maximum Gasteiger partial charge on any atom is 0.191 e. The van der Waals surface area contributed by atoms with Crippen molar-refractivity contribution in [2.45, 2.75) is 26.8 Å². The molecule has 0 spiro atoms. The zero-order valence-corrected chi connectivity index (χ0v) is 14.5. The van der Waals surface area contributed by atoms with Crippen LogP contribution in [0, 0.1) is 6.92 Å². The number of nitrogens with zero attached hydrogens (tertiary/aromatic N) is 2. The van der Waals surface area contributed by atoms with Gasteiger partial charge in [-0.1, -0.05) is 23.7 Å². The van der Waals surface area contributed by atoms with Crippen LogP contribution in [-0.2, 0) is 13.0 Å². The van der Waals surface area contributed by atoms with Gasteiger partial charge in [-0.05, 0) is 38.0 Å². The molecule has 0 saturated heterocycles. The van der Waals surface area contributed by atoms with Gasteiger partial charge in [0.05, 0.1) is 17.7 Å². The second-order valence-corrected chi connectivity index (χ2v) is 6.24. The van der Waals surface area contributed by atoms with Crippen molar-refractivity contribution in [2.24, 2.45) is 4.99 Å². The molecule has 6 heteroatoms. The molecule has 2 N–H and O–H groups in total. The van der Waals surface area contributed by atoms with Gasteiger partial charge in [0.1, 0.15) is 0 Å². The summed E-state index contributed by atoms with van der Waals surface area (Å²) in [7, 11) is 0. The third-order valence-corrected chi connectivity index (χ3v) is 4.32. The van der Waals surface area contributed by atoms with Gasteiger partial charge >= 0.3 is 0 Å². The van der Waals surface area contributed by atoms with Crippen LogP contribution in [0.2, 0.25) is 5.02 Å². The fourth-order valence-corrected chi connectivity index (χ4v) is 2.90. The van der Waals surface area contributed by atoms with Gasteiger partial charge in [-0.15, -0.1) is 11.3 Å². The van der Waals surface area contributed by atoms with Gasteiger partial charge in [-0.25, -0.2) is 9.98 Å². The van der Waals surface area contributed by atoms with E-state index in [0.29, 0.717) is 6.54 Å². The number of guanidine groups is 1. The predicted octanol–water partition coefficient (Wildman–Crippen LogP) is 3.40. The maximum atomic E-state index is 6.00. The number of aryl methyl sites for hydroxylation is 1. The van der Waals surface area contributed by atoms with Crippen molar-refractivity contribution in [3.63, 3.8) is 0 Å². The molecule has 2 rings (SSSR count). The zero-order valence-electron chi connectivity index (χ0n) is 12.9. The van der Waals surface area contributed by atoms with E-state index >= 15 is 0 Å². The average Bonchev–Trinajstić information content (AvgIpc) is 2.90. The fraction of sp³-hybridized carbons (Fsp3) is 0.375. The lowest BCUT2D eigenvalue weighted by Gasteiger charge is -2.11. The molecule has 118 valence electrons. The smallest absolute Gasteiger partial charge is 0.191 e. The SMILES string of the molecule is CCNC(=NCc1scnc1C)NCCc1cccc(Cl)c1. The molecule has 0 aliphatic rings. The molecular formula is C16H21ClN4S. The molecule has 0 fully saturated rings. The van der Waals surface area contributed by atoms with E-state index in [9.17, 15) is 0 Å². The highest BCUT2D eigenvalue weighted by atomic mass is 35.5. The highest BCUT2D eigenvalue weighted by Crippen LogP contribution is 2.13. The summed E-state index contributed by atoms with van der Waals surface area (Å²) in [5, 5.41) is 7.39. The van der Waals surface area contributed by atoms with E-state index in [4.69, 9.17) is 11.6 Å². The van der Waals surface area contributed by atoms with Crippen molar-refractivity contribution in [1.29, 1.82) is 0 Å². The number of rotatable bonds is 6. The largest absolute Gasteiger partial charge is 0.357 e. The Morgan fingerprint density at radius 1 is 1.36 bits per heavy atom. The number of benzene rings is 1. The van der Waals surface area contributed by atoms with Crippen LogP contribution >= 0.6 is 22.9 Å². The van der Waals surface area contributed by atoms with Gasteiger partial charge in [0.25, 0.3) is 0 Å². The monoisotopic (exact) mass is 336 g/mol. The summed E-state index contributed by atoms with van der Waals surface area (Å²) in [6, 6.07) is 7.94. The quantitative estimate of drug-likeness (QED) is 0.628. The first-order valence-corrected chi connectivity index (χ1v) is 8.60. The Morgan fingerprint density at radius 2 is 2.23 bits per heavy atom. The summed E-state index contributed by atoms with van der Waals surface area (Å²) in [4.78, 5) is 10.1. The Kier molecular flexibility index (Phi) is 6.68. The normalized spacial score (nSPS) is 11.5. The topological polar surface area (TPSA) is 49.3 Å². The molecule has 4 nitrogen and oxygen atoms in total. The van der Waals surface area contributed by atoms with E-state index in [1.54, 1.807) is 11.3 Å². The minimum atomic E-state index is 0.656. The number of aromatic nitrogens is 1. The van der Waals surface area contributed by atoms with Gasteiger partial charge < -0.3 is 10.6 Å². The summed E-state index contributed by atoms with van der Waals surface area (Å²) < 4.78 is 0. The molecule has 0 saturated carbocycles. The first-order valence-electron chi connectivity index (χ1n) is 7.34. The summed E-state index contributed by atoms with van der Waals surface area (Å²) in [5.74, 6) is 0.831. The van der Waals surface area contributed by atoms with Crippen molar-refractivity contribution in [3.8, 4) is 0 Å². The molecule has 0 bridgehead atoms. The van der Waals surface area contributed by atoms with E-state index in [2.05, 4.69) is 33.6 Å². The van der Waals surface area contributed by atoms with Crippen molar-refractivity contribution in [2.75, 3.05) is 13.1 Å². The van der Waals surface area contributed by atoms with Gasteiger partial charge in [0.15, 0.2) is 5.96 Å². The van der Waals surface area contributed by atoms with Gasteiger partial charge in [0.2, 0.25) is 0 Å². The van der Waals surface area contributed by atoms with Gasteiger partial charge in [0, 0.05) is 23.0 Å². The Morgan fingerprint density at radius 3 is 2.91 bits per heavy atom. The lowest BCUT2D eigenvalue weighted by molar-refractivity contribution is 0.800. The lowest BCUT2D eigenvalue weighted by atomic mass is 10.1. The van der Waals surface area contributed by atoms with Crippen LogP contribution in [0.4, 0.5) is 0 Å². The first kappa shape index (κ1) is 16.8. The molecule has 1 heterocycles. The number of nitrogens with one attached hydrogen (secondary N) is 2. The average molecular weight is 337 g/mol. The second-order valence-electron chi connectivity index (χ2n) is 4.86. The van der Waals surface area contributed by atoms with E-state index in [0.717, 1.165) is 36.2 Å². The van der Waals surface area contributed by atoms with Gasteiger partial charge in [-0.2, -0.15) is 0 Å². The van der Waals surface area contributed by atoms with Crippen LogP contribution in [0.3, 0.4) is 0 Å². The third-order valence-electron chi connectivity index (χ3n) is 3.17. The van der Waals surface area contributed by atoms with Crippen molar-refractivity contribution >= 4 is 28.9 Å². The van der Waals surface area contributed by atoms with Crippen LogP contribution in [0.25, 0.3) is 0 Å². The van der Waals surface area contributed by atoms with Crippen LogP contribution in [0.1, 0.15) is 23.1 Å². The van der Waals surface area contributed by atoms with Crippen LogP contribution < -0.4 is 10.6 Å². The number of hydrogen-bond acceptors (Lipinski definition) is 3. The Hall–Kier alpha value is -1.59. The summed E-state index contributed by atoms with van der Waals surface area (Å²) in [6.45, 7) is 6.38. The Labute approximate surface area is 140 Å². The molecule has 1 aromatic heterocycles. The number of halogens is 1. The van der Waals surface area contributed by atoms with Crippen LogP contribution in [0.5, 0.6) is 0 Å². The van der Waals surface area contributed by atoms with Crippen molar-refractivity contribution < 1.29 is 0 Å². The van der Waals surface area contributed by atoms with E-state index in [1.807, 2.05) is 30.6 Å². The standard InChI is InChI=1S/C16H21ClN4S/c1-3-18-16(20-10-15-12(2)21-11-22-15)19-8-7-13-5-4-6-14(17)9-13/h4-6,9,11H,3,7-8,10H2,1-2H3,(H2,18,19,20). The molecular weight excluding hydrogens is 316 g/mol. The Bertz CT molecular complexity index is 624. The molecule has 2 aromatic rings. The first-order chi connectivity index (χ1) is 10.7.